The van der Waals surface area contributed by atoms with Gasteiger partial charge in [-0.15, -0.1) is 0 Å². The highest BCUT2D eigenvalue weighted by Crippen LogP contribution is 2.37. The SMILES string of the molecule is CC1(NC(=O)OC2CCC(c3cc(Nc4nccn5nc(CN6CCNCC6)cc45)n[nH]3)C2)CC1. The van der Waals surface area contributed by atoms with Crippen LogP contribution in [0, 0.1) is 0 Å². The first-order valence-corrected chi connectivity index (χ1v) is 12.6. The van der Waals surface area contributed by atoms with Crippen molar-refractivity contribution < 1.29 is 9.53 Å². The van der Waals surface area contributed by atoms with Gasteiger partial charge in [0, 0.05) is 68.3 Å². The fraction of sp³-hybridized carbons (Fsp3) is 0.583. The third-order valence-electron chi connectivity index (χ3n) is 7.38. The predicted octanol–water partition coefficient (Wildman–Crippen LogP) is 2.52. The van der Waals surface area contributed by atoms with E-state index in [1.807, 2.05) is 16.8 Å². The molecule has 3 fully saturated rings. The smallest absolute Gasteiger partial charge is 0.407 e. The summed E-state index contributed by atoms with van der Waals surface area (Å²) in [6.07, 6.45) is 7.95. The molecule has 0 spiro atoms. The summed E-state index contributed by atoms with van der Waals surface area (Å²) in [7, 11) is 0. The molecule has 3 aliphatic rings. The average molecular weight is 480 g/mol. The van der Waals surface area contributed by atoms with E-state index < -0.39 is 0 Å². The number of H-pyrrole nitrogens is 1. The van der Waals surface area contributed by atoms with Crippen LogP contribution in [0.4, 0.5) is 16.4 Å². The predicted molar refractivity (Wildman–Crippen MR) is 131 cm³/mol. The number of hydrogen-bond donors (Lipinski definition) is 4. The quantitative estimate of drug-likeness (QED) is 0.408. The number of ether oxygens (including phenoxy) is 1. The van der Waals surface area contributed by atoms with Crippen LogP contribution in [0.5, 0.6) is 0 Å². The number of fused-ring (bicyclic) bond motifs is 1. The number of aromatic amines is 1. The molecule has 3 aromatic heterocycles. The highest BCUT2D eigenvalue weighted by molar-refractivity contribution is 5.72. The molecule has 2 unspecified atom stereocenters. The summed E-state index contributed by atoms with van der Waals surface area (Å²) in [6, 6.07) is 4.12. The standard InChI is InChI=1S/C24H33N9O2/c1-24(4-5-24)28-23(34)35-18-3-2-16(12-18)19-14-21(30-29-19)27-22-20-13-17(31-33(20)11-8-26-22)15-32-9-6-25-7-10-32/h8,11,13-14,16,18,25H,2-7,9-10,12,15H2,1H3,(H,28,34)(H2,26,27,29,30). The van der Waals surface area contributed by atoms with Crippen LogP contribution in [0.3, 0.4) is 0 Å². The first-order valence-electron chi connectivity index (χ1n) is 12.6. The Bertz CT molecular complexity index is 1190. The molecule has 6 rings (SSSR count). The number of alkyl carbamates (subject to hydrolysis) is 1. The number of rotatable bonds is 7. The number of nitrogens with one attached hydrogen (secondary N) is 4. The summed E-state index contributed by atoms with van der Waals surface area (Å²) in [4.78, 5) is 19.1. The lowest BCUT2D eigenvalue weighted by Crippen LogP contribution is -2.42. The van der Waals surface area contributed by atoms with Gasteiger partial charge in [0.25, 0.3) is 0 Å². The molecular weight excluding hydrogens is 446 g/mol. The molecule has 1 saturated heterocycles. The number of anilines is 2. The zero-order valence-corrected chi connectivity index (χ0v) is 20.1. The van der Waals surface area contributed by atoms with Gasteiger partial charge in [-0.05, 0) is 45.1 Å². The minimum Gasteiger partial charge on any atom is -0.446 e. The molecule has 35 heavy (non-hydrogen) atoms. The van der Waals surface area contributed by atoms with Crippen LogP contribution in [-0.2, 0) is 11.3 Å². The van der Waals surface area contributed by atoms with Crippen LogP contribution >= 0.6 is 0 Å². The first-order chi connectivity index (χ1) is 17.0. The van der Waals surface area contributed by atoms with E-state index >= 15 is 0 Å². The Labute approximate surface area is 204 Å². The Morgan fingerprint density at radius 3 is 2.94 bits per heavy atom. The van der Waals surface area contributed by atoms with Crippen molar-refractivity contribution in [2.24, 2.45) is 0 Å². The molecule has 4 heterocycles. The van der Waals surface area contributed by atoms with E-state index in [0.29, 0.717) is 5.82 Å². The van der Waals surface area contributed by atoms with Crippen LogP contribution in [-0.4, -0.2) is 73.6 Å². The molecule has 1 amide bonds. The first kappa shape index (κ1) is 22.3. The topological polar surface area (TPSA) is 124 Å². The van der Waals surface area contributed by atoms with Gasteiger partial charge in [0.2, 0.25) is 0 Å². The Kier molecular flexibility index (Phi) is 5.81. The lowest BCUT2D eigenvalue weighted by Gasteiger charge is -2.26. The van der Waals surface area contributed by atoms with Gasteiger partial charge in [0.15, 0.2) is 11.6 Å². The molecule has 1 aliphatic heterocycles. The normalized spacial score (nSPS) is 23.9. The second-order valence-electron chi connectivity index (χ2n) is 10.3. The second kappa shape index (κ2) is 9.12. The van der Waals surface area contributed by atoms with Gasteiger partial charge in [-0.1, -0.05) is 0 Å². The fourth-order valence-corrected chi connectivity index (χ4v) is 5.05. The maximum Gasteiger partial charge on any atom is 0.407 e. The number of hydrogen-bond acceptors (Lipinski definition) is 8. The van der Waals surface area contributed by atoms with E-state index in [1.165, 1.54) is 0 Å². The van der Waals surface area contributed by atoms with Gasteiger partial charge in [-0.3, -0.25) is 10.00 Å². The molecule has 0 bridgehead atoms. The second-order valence-corrected chi connectivity index (χ2v) is 10.3. The van der Waals surface area contributed by atoms with E-state index in [4.69, 9.17) is 9.84 Å². The van der Waals surface area contributed by atoms with Gasteiger partial charge < -0.3 is 20.7 Å². The van der Waals surface area contributed by atoms with Crippen molar-refractivity contribution in [2.45, 2.75) is 63.1 Å². The Morgan fingerprint density at radius 2 is 2.11 bits per heavy atom. The molecule has 0 radical (unpaired) electrons. The van der Waals surface area contributed by atoms with Crippen molar-refractivity contribution in [3.63, 3.8) is 0 Å². The van der Waals surface area contributed by atoms with Crippen LogP contribution in [0.1, 0.15) is 56.3 Å². The number of carbonyl (C=O) groups excluding carboxylic acids is 1. The highest BCUT2D eigenvalue weighted by atomic mass is 16.6. The number of amides is 1. The fourth-order valence-electron chi connectivity index (χ4n) is 5.05. The summed E-state index contributed by atoms with van der Waals surface area (Å²) in [5, 5.41) is 22.1. The van der Waals surface area contributed by atoms with E-state index in [1.54, 1.807) is 6.20 Å². The van der Waals surface area contributed by atoms with Crippen molar-refractivity contribution >= 4 is 23.2 Å². The zero-order valence-electron chi connectivity index (χ0n) is 20.1. The van der Waals surface area contributed by atoms with E-state index in [9.17, 15) is 4.79 Å². The lowest BCUT2D eigenvalue weighted by atomic mass is 10.0. The maximum absolute atomic E-state index is 12.1. The Morgan fingerprint density at radius 1 is 1.26 bits per heavy atom. The molecule has 0 aromatic carbocycles. The van der Waals surface area contributed by atoms with Gasteiger partial charge in [0.05, 0.1) is 5.69 Å². The van der Waals surface area contributed by atoms with Gasteiger partial charge in [-0.25, -0.2) is 14.3 Å². The molecule has 11 heteroatoms. The molecule has 2 aliphatic carbocycles. The minimum absolute atomic E-state index is 0.0571. The van der Waals surface area contributed by atoms with Crippen LogP contribution in [0.2, 0.25) is 0 Å². The summed E-state index contributed by atoms with van der Waals surface area (Å²) in [6.45, 7) is 6.98. The maximum atomic E-state index is 12.1. The summed E-state index contributed by atoms with van der Waals surface area (Å²) in [5.74, 6) is 1.73. The Balaban J connectivity index is 1.08. The van der Waals surface area contributed by atoms with Crippen LogP contribution < -0.4 is 16.0 Å². The third kappa shape index (κ3) is 5.10. The van der Waals surface area contributed by atoms with Crippen molar-refractivity contribution in [1.82, 2.24) is 40.3 Å². The Hall–Kier alpha value is -3.18. The van der Waals surface area contributed by atoms with Crippen LogP contribution in [0.15, 0.2) is 24.5 Å². The summed E-state index contributed by atoms with van der Waals surface area (Å²) < 4.78 is 7.53. The summed E-state index contributed by atoms with van der Waals surface area (Å²) in [5.41, 5.74) is 2.94. The molecule has 3 aromatic rings. The van der Waals surface area contributed by atoms with Crippen molar-refractivity contribution in [3.05, 3.63) is 35.9 Å². The monoisotopic (exact) mass is 479 g/mol. The number of nitrogens with zero attached hydrogens (tertiary/aromatic N) is 5. The number of piperazine rings is 1. The minimum atomic E-state index is -0.293. The van der Waals surface area contributed by atoms with E-state index in [0.717, 1.165) is 87.6 Å². The molecule has 2 saturated carbocycles. The lowest BCUT2D eigenvalue weighted by molar-refractivity contribution is 0.0967. The molecule has 2 atom stereocenters. The van der Waals surface area contributed by atoms with Crippen molar-refractivity contribution in [3.8, 4) is 0 Å². The number of aromatic nitrogens is 5. The number of carbonyl (C=O) groups is 1. The molecule has 186 valence electrons. The van der Waals surface area contributed by atoms with Gasteiger partial charge in [0.1, 0.15) is 11.6 Å². The van der Waals surface area contributed by atoms with E-state index in [2.05, 4.69) is 49.0 Å². The molecule has 4 N–H and O–H groups in total. The van der Waals surface area contributed by atoms with Crippen molar-refractivity contribution in [1.29, 1.82) is 0 Å². The van der Waals surface area contributed by atoms with Crippen LogP contribution in [0.25, 0.3) is 5.52 Å². The largest absolute Gasteiger partial charge is 0.446 e. The van der Waals surface area contributed by atoms with E-state index in [-0.39, 0.29) is 23.7 Å². The third-order valence-corrected chi connectivity index (χ3v) is 7.38. The highest BCUT2D eigenvalue weighted by Gasteiger charge is 2.40. The summed E-state index contributed by atoms with van der Waals surface area (Å²) >= 11 is 0. The van der Waals surface area contributed by atoms with Crippen molar-refractivity contribution in [2.75, 3.05) is 31.5 Å². The zero-order chi connectivity index (χ0) is 23.8. The average Bonchev–Trinajstić information content (AvgIpc) is 3.24. The van der Waals surface area contributed by atoms with Gasteiger partial charge in [-0.2, -0.15) is 10.2 Å². The molecule has 11 nitrogen and oxygen atoms in total. The van der Waals surface area contributed by atoms with Gasteiger partial charge >= 0.3 is 6.09 Å². The molecular formula is C24H33N9O2.